The smallest absolute Gasteiger partial charge is 0.0587 e. The molecule has 0 spiro atoms. The Morgan fingerprint density at radius 1 is 1.33 bits per heavy atom. The second-order valence-corrected chi connectivity index (χ2v) is 6.93. The van der Waals surface area contributed by atoms with Gasteiger partial charge in [0.2, 0.25) is 0 Å². The molecule has 0 aromatic heterocycles. The van der Waals surface area contributed by atoms with Crippen LogP contribution in [0, 0.1) is 23.2 Å². The lowest BCUT2D eigenvalue weighted by Gasteiger charge is -2.34. The average Bonchev–Trinajstić information content (AvgIpc) is 2.94. The standard InChI is InChI=1S/C16H31NO/c1-4-5-13(2)9-16(12-17-6-7-18-3)10-14-8-15(14)11-16/h13-15,17H,4-12H2,1-3H3. The Kier molecular flexibility index (Phi) is 5.08. The number of nitrogens with one attached hydrogen (secondary N) is 1. The highest BCUT2D eigenvalue weighted by Gasteiger charge is 2.53. The van der Waals surface area contributed by atoms with Gasteiger partial charge in [0.1, 0.15) is 0 Å². The molecule has 3 atom stereocenters. The molecule has 2 heteroatoms. The van der Waals surface area contributed by atoms with E-state index in [4.69, 9.17) is 4.74 Å². The van der Waals surface area contributed by atoms with E-state index >= 15 is 0 Å². The predicted molar refractivity (Wildman–Crippen MR) is 76.7 cm³/mol. The summed E-state index contributed by atoms with van der Waals surface area (Å²) in [5, 5.41) is 3.63. The molecule has 2 fully saturated rings. The quantitative estimate of drug-likeness (QED) is 0.635. The highest BCUT2D eigenvalue weighted by molar-refractivity contribution is 5.04. The largest absolute Gasteiger partial charge is 0.383 e. The molecule has 0 bridgehead atoms. The Morgan fingerprint density at radius 3 is 2.67 bits per heavy atom. The zero-order valence-electron chi connectivity index (χ0n) is 12.5. The molecule has 0 aromatic carbocycles. The van der Waals surface area contributed by atoms with Crippen LogP contribution in [0.1, 0.15) is 52.4 Å². The van der Waals surface area contributed by atoms with Gasteiger partial charge in [0.05, 0.1) is 6.61 Å². The van der Waals surface area contributed by atoms with E-state index < -0.39 is 0 Å². The van der Waals surface area contributed by atoms with Crippen molar-refractivity contribution in [3.05, 3.63) is 0 Å². The van der Waals surface area contributed by atoms with Gasteiger partial charge in [-0.3, -0.25) is 0 Å². The summed E-state index contributed by atoms with van der Waals surface area (Å²) in [7, 11) is 1.78. The van der Waals surface area contributed by atoms with E-state index in [1.165, 1.54) is 45.1 Å². The molecule has 1 N–H and O–H groups in total. The fourth-order valence-electron chi connectivity index (χ4n) is 4.25. The first-order valence-corrected chi connectivity index (χ1v) is 7.89. The number of rotatable bonds is 9. The summed E-state index contributed by atoms with van der Waals surface area (Å²) in [6, 6.07) is 0. The van der Waals surface area contributed by atoms with Crippen LogP contribution in [0.3, 0.4) is 0 Å². The fourth-order valence-corrected chi connectivity index (χ4v) is 4.25. The Balaban J connectivity index is 1.79. The molecular weight excluding hydrogens is 222 g/mol. The van der Waals surface area contributed by atoms with Crippen LogP contribution in [-0.2, 0) is 4.74 Å². The molecule has 0 radical (unpaired) electrons. The van der Waals surface area contributed by atoms with Crippen molar-refractivity contribution in [2.45, 2.75) is 52.4 Å². The van der Waals surface area contributed by atoms with Gasteiger partial charge in [-0.15, -0.1) is 0 Å². The van der Waals surface area contributed by atoms with Gasteiger partial charge >= 0.3 is 0 Å². The maximum Gasteiger partial charge on any atom is 0.0587 e. The van der Waals surface area contributed by atoms with Gasteiger partial charge in [-0.25, -0.2) is 0 Å². The third kappa shape index (κ3) is 3.71. The highest BCUT2D eigenvalue weighted by atomic mass is 16.5. The second-order valence-electron chi connectivity index (χ2n) is 6.93. The number of hydrogen-bond acceptors (Lipinski definition) is 2. The third-order valence-electron chi connectivity index (χ3n) is 5.01. The molecule has 2 rings (SSSR count). The molecule has 2 aliphatic rings. The van der Waals surface area contributed by atoms with E-state index in [2.05, 4.69) is 19.2 Å². The minimum absolute atomic E-state index is 0.621. The van der Waals surface area contributed by atoms with Crippen molar-refractivity contribution < 1.29 is 4.74 Å². The summed E-state index contributed by atoms with van der Waals surface area (Å²) in [6.45, 7) is 7.83. The third-order valence-corrected chi connectivity index (χ3v) is 5.01. The molecule has 18 heavy (non-hydrogen) atoms. The van der Waals surface area contributed by atoms with Crippen LogP contribution in [0.15, 0.2) is 0 Å². The average molecular weight is 253 g/mol. The zero-order chi connectivity index (χ0) is 13.0. The molecule has 106 valence electrons. The van der Waals surface area contributed by atoms with Crippen LogP contribution in [0.25, 0.3) is 0 Å². The van der Waals surface area contributed by atoms with Crippen molar-refractivity contribution in [3.63, 3.8) is 0 Å². The van der Waals surface area contributed by atoms with Crippen LogP contribution in [-0.4, -0.2) is 26.8 Å². The van der Waals surface area contributed by atoms with Crippen molar-refractivity contribution in [1.29, 1.82) is 0 Å². The lowest BCUT2D eigenvalue weighted by molar-refractivity contribution is 0.168. The fraction of sp³-hybridized carbons (Fsp3) is 1.00. The summed E-state index contributed by atoms with van der Waals surface area (Å²) in [5.41, 5.74) is 0.621. The SMILES string of the molecule is CCCC(C)CC1(CNCCOC)CC2CC2C1. The molecule has 2 aliphatic carbocycles. The predicted octanol–water partition coefficient (Wildman–Crippen LogP) is 3.47. The summed E-state index contributed by atoms with van der Waals surface area (Å²) < 4.78 is 5.13. The maximum atomic E-state index is 5.13. The Labute approximate surface area is 113 Å². The van der Waals surface area contributed by atoms with Crippen molar-refractivity contribution in [2.75, 3.05) is 26.8 Å². The van der Waals surface area contributed by atoms with Crippen molar-refractivity contribution in [1.82, 2.24) is 5.32 Å². The summed E-state index contributed by atoms with van der Waals surface area (Å²) >= 11 is 0. The monoisotopic (exact) mass is 253 g/mol. The lowest BCUT2D eigenvalue weighted by Crippen LogP contribution is -2.36. The Hall–Kier alpha value is -0.0800. The van der Waals surface area contributed by atoms with Crippen molar-refractivity contribution in [2.24, 2.45) is 23.2 Å². The van der Waals surface area contributed by atoms with Gasteiger partial charge in [-0.05, 0) is 48.9 Å². The minimum Gasteiger partial charge on any atom is -0.383 e. The Morgan fingerprint density at radius 2 is 2.06 bits per heavy atom. The minimum atomic E-state index is 0.621. The van der Waals surface area contributed by atoms with Gasteiger partial charge in [0, 0.05) is 20.2 Å². The van der Waals surface area contributed by atoms with Crippen LogP contribution in [0.4, 0.5) is 0 Å². The molecule has 0 saturated heterocycles. The molecule has 2 nitrogen and oxygen atoms in total. The van der Waals surface area contributed by atoms with Crippen LogP contribution in [0.5, 0.6) is 0 Å². The molecule has 3 unspecified atom stereocenters. The zero-order valence-corrected chi connectivity index (χ0v) is 12.5. The van der Waals surface area contributed by atoms with E-state index in [9.17, 15) is 0 Å². The van der Waals surface area contributed by atoms with Gasteiger partial charge in [-0.1, -0.05) is 26.7 Å². The Bertz CT molecular complexity index is 243. The summed E-state index contributed by atoms with van der Waals surface area (Å²) in [5.74, 6) is 3.07. The van der Waals surface area contributed by atoms with Gasteiger partial charge in [0.15, 0.2) is 0 Å². The van der Waals surface area contributed by atoms with E-state index in [0.29, 0.717) is 5.41 Å². The van der Waals surface area contributed by atoms with Crippen LogP contribution < -0.4 is 5.32 Å². The first-order valence-electron chi connectivity index (χ1n) is 7.89. The van der Waals surface area contributed by atoms with E-state index in [1.54, 1.807) is 7.11 Å². The number of ether oxygens (including phenoxy) is 1. The molecule has 0 aliphatic heterocycles. The number of hydrogen-bond donors (Lipinski definition) is 1. The van der Waals surface area contributed by atoms with Gasteiger partial charge in [-0.2, -0.15) is 0 Å². The molecule has 2 saturated carbocycles. The van der Waals surface area contributed by atoms with Gasteiger partial charge < -0.3 is 10.1 Å². The topological polar surface area (TPSA) is 21.3 Å². The second kappa shape index (κ2) is 6.38. The summed E-state index contributed by atoms with van der Waals surface area (Å²) in [4.78, 5) is 0. The highest BCUT2D eigenvalue weighted by Crippen LogP contribution is 2.61. The van der Waals surface area contributed by atoms with E-state index in [1.807, 2.05) is 0 Å². The van der Waals surface area contributed by atoms with E-state index in [0.717, 1.165) is 30.9 Å². The number of methoxy groups -OCH3 is 1. The van der Waals surface area contributed by atoms with Crippen LogP contribution >= 0.6 is 0 Å². The van der Waals surface area contributed by atoms with Crippen LogP contribution in [0.2, 0.25) is 0 Å². The van der Waals surface area contributed by atoms with Gasteiger partial charge in [0.25, 0.3) is 0 Å². The van der Waals surface area contributed by atoms with E-state index in [-0.39, 0.29) is 0 Å². The molecule has 0 heterocycles. The number of fused-ring (bicyclic) bond motifs is 1. The maximum absolute atomic E-state index is 5.13. The molecular formula is C16H31NO. The first kappa shape index (κ1) is 14.3. The van der Waals surface area contributed by atoms with Crippen molar-refractivity contribution >= 4 is 0 Å². The molecule has 0 amide bonds. The molecule has 0 aromatic rings. The normalized spacial score (nSPS) is 35.5. The van der Waals surface area contributed by atoms with Crippen molar-refractivity contribution in [3.8, 4) is 0 Å². The first-order chi connectivity index (χ1) is 8.69. The summed E-state index contributed by atoms with van der Waals surface area (Å²) in [6.07, 6.45) is 8.68. The lowest BCUT2D eigenvalue weighted by atomic mass is 9.75.